The largest absolute Gasteiger partial charge is 0.352 e. The van der Waals surface area contributed by atoms with Gasteiger partial charge in [0.15, 0.2) is 0 Å². The van der Waals surface area contributed by atoms with Crippen LogP contribution in [-0.2, 0) is 6.54 Å². The minimum absolute atomic E-state index is 0.148. The van der Waals surface area contributed by atoms with E-state index in [4.69, 9.17) is 0 Å². The Hall–Kier alpha value is -3.54. The number of hydrogen-bond donors (Lipinski definition) is 1. The van der Waals surface area contributed by atoms with Crippen LogP contribution < -0.4 is 5.32 Å². The molecule has 0 aliphatic heterocycles. The summed E-state index contributed by atoms with van der Waals surface area (Å²) in [6.07, 6.45) is 0.779. The average Bonchev–Trinajstić information content (AvgIpc) is 3.07. The molecule has 30 heavy (non-hydrogen) atoms. The molecule has 4 rings (SSSR count). The van der Waals surface area contributed by atoms with Gasteiger partial charge in [0.05, 0.1) is 22.5 Å². The smallest absolute Gasteiger partial charge is 0.252 e. The number of nitrogens with zero attached hydrogens (tertiary/aromatic N) is 3. The van der Waals surface area contributed by atoms with Gasteiger partial charge >= 0.3 is 0 Å². The number of benzene rings is 2. The van der Waals surface area contributed by atoms with Crippen LogP contribution in [0.25, 0.3) is 22.2 Å². The van der Waals surface area contributed by atoms with Gasteiger partial charge in [0.1, 0.15) is 5.82 Å². The Bertz CT molecular complexity index is 1200. The number of rotatable bonds is 6. The van der Waals surface area contributed by atoms with Gasteiger partial charge in [0.25, 0.3) is 5.91 Å². The first kappa shape index (κ1) is 19.8. The quantitative estimate of drug-likeness (QED) is 0.477. The fourth-order valence-electron chi connectivity index (χ4n) is 3.56. The summed E-state index contributed by atoms with van der Waals surface area (Å²) in [5.74, 6) is -0.453. The Labute approximate surface area is 174 Å². The molecule has 2 heterocycles. The summed E-state index contributed by atoms with van der Waals surface area (Å²) < 4.78 is 15.2. The number of amides is 1. The molecule has 0 bridgehead atoms. The van der Waals surface area contributed by atoms with E-state index >= 15 is 0 Å². The summed E-state index contributed by atoms with van der Waals surface area (Å²) >= 11 is 0. The van der Waals surface area contributed by atoms with Gasteiger partial charge in [-0.25, -0.2) is 9.37 Å². The van der Waals surface area contributed by atoms with Gasteiger partial charge in [-0.3, -0.25) is 9.48 Å². The molecule has 0 fully saturated rings. The zero-order valence-corrected chi connectivity index (χ0v) is 17.0. The molecule has 152 valence electrons. The highest BCUT2D eigenvalue weighted by atomic mass is 19.1. The molecule has 2 aromatic heterocycles. The molecule has 1 amide bonds. The second-order valence-electron chi connectivity index (χ2n) is 7.34. The molecule has 0 radical (unpaired) electrons. The van der Waals surface area contributed by atoms with Crippen molar-refractivity contribution in [3.63, 3.8) is 0 Å². The third-order valence-electron chi connectivity index (χ3n) is 5.04. The minimum atomic E-state index is -0.305. The van der Waals surface area contributed by atoms with Crippen LogP contribution in [0.3, 0.4) is 0 Å². The number of halogens is 1. The number of fused-ring (bicyclic) bond motifs is 1. The summed E-state index contributed by atoms with van der Waals surface area (Å²) in [6.45, 7) is 5.29. The molecule has 4 aromatic rings. The first-order chi connectivity index (χ1) is 14.5. The first-order valence-electron chi connectivity index (χ1n) is 9.96. The highest BCUT2D eigenvalue weighted by molar-refractivity contribution is 6.07. The topological polar surface area (TPSA) is 59.8 Å². The van der Waals surface area contributed by atoms with Crippen LogP contribution in [0.15, 0.2) is 60.7 Å². The van der Waals surface area contributed by atoms with Crippen LogP contribution in [0, 0.1) is 19.7 Å². The lowest BCUT2D eigenvalue weighted by atomic mass is 10.0. The van der Waals surface area contributed by atoms with Gasteiger partial charge < -0.3 is 5.32 Å². The fraction of sp³-hybridized carbons (Fsp3) is 0.208. The number of hydrogen-bond acceptors (Lipinski definition) is 3. The number of carbonyl (C=O) groups is 1. The zero-order valence-electron chi connectivity index (χ0n) is 17.0. The van der Waals surface area contributed by atoms with E-state index in [1.165, 1.54) is 12.1 Å². The molecular weight excluding hydrogens is 379 g/mol. The maximum Gasteiger partial charge on any atom is 0.252 e. The summed E-state index contributed by atoms with van der Waals surface area (Å²) in [7, 11) is 0. The van der Waals surface area contributed by atoms with Crippen molar-refractivity contribution in [2.24, 2.45) is 0 Å². The van der Waals surface area contributed by atoms with Crippen molar-refractivity contribution in [1.29, 1.82) is 0 Å². The fourth-order valence-corrected chi connectivity index (χ4v) is 3.56. The highest BCUT2D eigenvalue weighted by Crippen LogP contribution is 2.25. The third kappa shape index (κ3) is 4.22. The number of aryl methyl sites for hydroxylation is 3. The van der Waals surface area contributed by atoms with Gasteiger partial charge in [-0.05, 0) is 62.7 Å². The molecule has 0 unspecified atom stereocenters. The third-order valence-corrected chi connectivity index (χ3v) is 5.04. The van der Waals surface area contributed by atoms with E-state index < -0.39 is 0 Å². The van der Waals surface area contributed by atoms with Crippen molar-refractivity contribution in [3.8, 4) is 11.3 Å². The van der Waals surface area contributed by atoms with E-state index in [2.05, 4.69) is 15.4 Å². The molecule has 0 spiro atoms. The predicted octanol–water partition coefficient (Wildman–Crippen LogP) is 4.67. The number of carbonyl (C=O) groups excluding carboxylic acids is 1. The van der Waals surface area contributed by atoms with E-state index in [1.54, 1.807) is 18.2 Å². The van der Waals surface area contributed by atoms with Crippen molar-refractivity contribution in [1.82, 2.24) is 20.1 Å². The maximum atomic E-state index is 13.3. The number of para-hydroxylation sites is 1. The van der Waals surface area contributed by atoms with Crippen molar-refractivity contribution in [2.45, 2.75) is 26.8 Å². The Morgan fingerprint density at radius 3 is 2.57 bits per heavy atom. The van der Waals surface area contributed by atoms with E-state index in [-0.39, 0.29) is 11.7 Å². The molecule has 0 saturated heterocycles. The van der Waals surface area contributed by atoms with E-state index in [0.29, 0.717) is 17.8 Å². The number of nitrogens with one attached hydrogen (secondary N) is 1. The van der Waals surface area contributed by atoms with Crippen LogP contribution in [0.5, 0.6) is 0 Å². The molecular formula is C24H23FN4O. The van der Waals surface area contributed by atoms with Crippen molar-refractivity contribution < 1.29 is 9.18 Å². The maximum absolute atomic E-state index is 13.3. The van der Waals surface area contributed by atoms with Gasteiger partial charge in [-0.1, -0.05) is 18.2 Å². The van der Waals surface area contributed by atoms with Crippen LogP contribution in [-0.4, -0.2) is 27.2 Å². The Morgan fingerprint density at radius 1 is 1.07 bits per heavy atom. The lowest BCUT2D eigenvalue weighted by Crippen LogP contribution is -2.26. The minimum Gasteiger partial charge on any atom is -0.352 e. The molecule has 6 heteroatoms. The lowest BCUT2D eigenvalue weighted by molar-refractivity contribution is 0.0954. The monoisotopic (exact) mass is 402 g/mol. The molecule has 5 nitrogen and oxygen atoms in total. The summed E-state index contributed by atoms with van der Waals surface area (Å²) in [5.41, 5.74) is 4.80. The van der Waals surface area contributed by atoms with E-state index in [1.807, 2.05) is 48.9 Å². The number of pyridine rings is 1. The molecule has 0 atom stereocenters. The standard InChI is InChI=1S/C24H23FN4O/c1-16-14-17(2)29(28-16)13-5-12-26-24(30)21-15-23(18-8-10-19(25)11-9-18)27-22-7-4-3-6-20(21)22/h3-4,6-11,14-15H,5,12-13H2,1-2H3,(H,26,30). The summed E-state index contributed by atoms with van der Waals surface area (Å²) in [6, 6.07) is 17.5. The van der Waals surface area contributed by atoms with E-state index in [0.717, 1.165) is 40.8 Å². The molecule has 0 aliphatic carbocycles. The highest BCUT2D eigenvalue weighted by Gasteiger charge is 2.14. The van der Waals surface area contributed by atoms with Crippen molar-refractivity contribution in [3.05, 3.63) is 83.4 Å². The second kappa shape index (κ2) is 8.45. The van der Waals surface area contributed by atoms with Crippen LogP contribution in [0.2, 0.25) is 0 Å². The van der Waals surface area contributed by atoms with Crippen LogP contribution in [0.4, 0.5) is 4.39 Å². The van der Waals surface area contributed by atoms with Gasteiger partial charge in [-0.2, -0.15) is 5.10 Å². The summed E-state index contributed by atoms with van der Waals surface area (Å²) in [4.78, 5) is 17.6. The van der Waals surface area contributed by atoms with Gasteiger partial charge in [-0.15, -0.1) is 0 Å². The van der Waals surface area contributed by atoms with Crippen LogP contribution in [0.1, 0.15) is 28.2 Å². The molecule has 0 aliphatic rings. The average molecular weight is 402 g/mol. The molecule has 0 saturated carbocycles. The number of aromatic nitrogens is 3. The van der Waals surface area contributed by atoms with Gasteiger partial charge in [0, 0.05) is 29.7 Å². The van der Waals surface area contributed by atoms with Gasteiger partial charge in [0.2, 0.25) is 0 Å². The van der Waals surface area contributed by atoms with E-state index in [9.17, 15) is 9.18 Å². The molecule has 2 aromatic carbocycles. The molecule has 1 N–H and O–H groups in total. The van der Waals surface area contributed by atoms with Crippen molar-refractivity contribution >= 4 is 16.8 Å². The normalized spacial score (nSPS) is 11.0. The Morgan fingerprint density at radius 2 is 1.83 bits per heavy atom. The Kier molecular flexibility index (Phi) is 5.57. The van der Waals surface area contributed by atoms with Crippen molar-refractivity contribution in [2.75, 3.05) is 6.54 Å². The lowest BCUT2D eigenvalue weighted by Gasteiger charge is -2.11. The van der Waals surface area contributed by atoms with Crippen LogP contribution >= 0.6 is 0 Å². The Balaban J connectivity index is 1.53. The zero-order chi connectivity index (χ0) is 21.1. The summed E-state index contributed by atoms with van der Waals surface area (Å²) in [5, 5.41) is 8.25. The SMILES string of the molecule is Cc1cc(C)n(CCCNC(=O)c2cc(-c3ccc(F)cc3)nc3ccccc23)n1. The first-order valence-corrected chi connectivity index (χ1v) is 9.96. The predicted molar refractivity (Wildman–Crippen MR) is 116 cm³/mol. The second-order valence-corrected chi connectivity index (χ2v) is 7.34.